The highest BCUT2D eigenvalue weighted by molar-refractivity contribution is 14.0. The average Bonchev–Trinajstić information content (AvgIpc) is 3.49. The van der Waals surface area contributed by atoms with Gasteiger partial charge in [-0.25, -0.2) is 4.99 Å². The molecule has 1 fully saturated rings. The third-order valence-electron chi connectivity index (χ3n) is 5.69. The van der Waals surface area contributed by atoms with Gasteiger partial charge in [0.25, 0.3) is 0 Å². The van der Waals surface area contributed by atoms with Crippen LogP contribution in [-0.2, 0) is 17.8 Å². The number of hydrogen-bond donors (Lipinski definition) is 2. The molecule has 1 saturated heterocycles. The first-order valence-electron chi connectivity index (χ1n) is 11.0. The fourth-order valence-corrected chi connectivity index (χ4v) is 4.86. The molecule has 1 aliphatic heterocycles. The molecule has 2 N–H and O–H groups in total. The molecule has 0 amide bonds. The molecule has 2 aromatic heterocycles. The highest BCUT2D eigenvalue weighted by Crippen LogP contribution is 2.27. The molecule has 0 saturated carbocycles. The molecule has 3 rings (SSSR count). The number of likely N-dealkylation sites (tertiary alicyclic amines) is 1. The molecule has 0 aromatic carbocycles. The monoisotopic (exact) mass is 560 g/mol. The van der Waals surface area contributed by atoms with Crippen LogP contribution in [0.15, 0.2) is 22.5 Å². The second-order valence-corrected chi connectivity index (χ2v) is 8.69. The molecule has 1 unspecified atom stereocenters. The lowest BCUT2D eigenvalue weighted by Gasteiger charge is -2.27. The molecule has 174 valence electrons. The summed E-state index contributed by atoms with van der Waals surface area (Å²) in [6.45, 7) is 12.4. The Hall–Kier alpha value is -1.17. The zero-order valence-electron chi connectivity index (χ0n) is 19.2. The van der Waals surface area contributed by atoms with Crippen LogP contribution in [0.3, 0.4) is 0 Å². The second kappa shape index (κ2) is 13.4. The van der Waals surface area contributed by atoms with Gasteiger partial charge in [-0.15, -0.1) is 35.3 Å². The molecular weight excluding hydrogens is 523 g/mol. The van der Waals surface area contributed by atoms with Gasteiger partial charge in [0.05, 0.1) is 31.4 Å². The summed E-state index contributed by atoms with van der Waals surface area (Å²) in [5.41, 5.74) is 3.40. The van der Waals surface area contributed by atoms with E-state index >= 15 is 0 Å². The van der Waals surface area contributed by atoms with Crippen molar-refractivity contribution in [3.8, 4) is 0 Å². The van der Waals surface area contributed by atoms with Gasteiger partial charge in [-0.2, -0.15) is 5.10 Å². The van der Waals surface area contributed by atoms with Crippen molar-refractivity contribution in [3.05, 3.63) is 39.3 Å². The Balaban J connectivity index is 0.00000341. The Labute approximate surface area is 207 Å². The van der Waals surface area contributed by atoms with E-state index in [1.54, 1.807) is 7.11 Å². The van der Waals surface area contributed by atoms with Crippen LogP contribution in [0.5, 0.6) is 0 Å². The van der Waals surface area contributed by atoms with Crippen molar-refractivity contribution >= 4 is 41.3 Å². The van der Waals surface area contributed by atoms with E-state index in [4.69, 9.17) is 9.73 Å². The predicted molar refractivity (Wildman–Crippen MR) is 140 cm³/mol. The summed E-state index contributed by atoms with van der Waals surface area (Å²) in [5, 5.41) is 13.8. The molecule has 0 bridgehead atoms. The Kier molecular flexibility index (Phi) is 11.3. The summed E-state index contributed by atoms with van der Waals surface area (Å²) in [6.07, 6.45) is 2.59. The number of aryl methyl sites for hydroxylation is 1. The van der Waals surface area contributed by atoms with Gasteiger partial charge in [0, 0.05) is 36.3 Å². The van der Waals surface area contributed by atoms with Gasteiger partial charge >= 0.3 is 0 Å². The van der Waals surface area contributed by atoms with E-state index in [1.807, 2.05) is 16.0 Å². The fraction of sp³-hybridized carbons (Fsp3) is 0.636. The minimum absolute atomic E-state index is 0. The minimum Gasteiger partial charge on any atom is -0.383 e. The third-order valence-corrected chi connectivity index (χ3v) is 6.67. The fourth-order valence-electron chi connectivity index (χ4n) is 4.00. The minimum atomic E-state index is 0. The summed E-state index contributed by atoms with van der Waals surface area (Å²) < 4.78 is 7.21. The first kappa shape index (κ1) is 26.1. The van der Waals surface area contributed by atoms with Crippen LogP contribution in [0.1, 0.15) is 47.6 Å². The number of nitrogens with one attached hydrogen (secondary N) is 2. The van der Waals surface area contributed by atoms with Crippen LogP contribution in [0.4, 0.5) is 0 Å². The summed E-state index contributed by atoms with van der Waals surface area (Å²) in [6, 6.07) is 4.80. The first-order valence-corrected chi connectivity index (χ1v) is 11.8. The van der Waals surface area contributed by atoms with Crippen molar-refractivity contribution in [1.82, 2.24) is 25.3 Å². The molecule has 2 aromatic rings. The average molecular weight is 561 g/mol. The zero-order valence-corrected chi connectivity index (χ0v) is 22.3. The van der Waals surface area contributed by atoms with E-state index in [2.05, 4.69) is 58.9 Å². The van der Waals surface area contributed by atoms with Crippen molar-refractivity contribution in [2.75, 3.05) is 39.9 Å². The third kappa shape index (κ3) is 7.16. The molecule has 3 heterocycles. The summed E-state index contributed by atoms with van der Waals surface area (Å²) in [7, 11) is 1.72. The highest BCUT2D eigenvalue weighted by atomic mass is 127. The molecule has 1 atom stereocenters. The largest absolute Gasteiger partial charge is 0.383 e. The zero-order chi connectivity index (χ0) is 21.3. The first-order chi connectivity index (χ1) is 14.6. The number of ether oxygens (including phenoxy) is 1. The Bertz CT molecular complexity index is 801. The summed E-state index contributed by atoms with van der Waals surface area (Å²) >= 11 is 1.84. The smallest absolute Gasteiger partial charge is 0.191 e. The van der Waals surface area contributed by atoms with Gasteiger partial charge in [-0.3, -0.25) is 9.58 Å². The van der Waals surface area contributed by atoms with Crippen LogP contribution >= 0.6 is 35.3 Å². The highest BCUT2D eigenvalue weighted by Gasteiger charge is 2.24. The van der Waals surface area contributed by atoms with Gasteiger partial charge in [0.15, 0.2) is 5.96 Å². The normalized spacial score (nSPS) is 15.7. The molecule has 1 aliphatic rings. The van der Waals surface area contributed by atoms with Gasteiger partial charge in [0.2, 0.25) is 0 Å². The molecule has 0 radical (unpaired) electrons. The standard InChI is InChI=1S/C22H36N6OS.HI/c1-5-23-22(24-15-19-17(2)26-28(18(19)3)12-13-29-4)25-16-20(21-9-8-14-30-21)27-10-6-7-11-27;/h8-9,14,20H,5-7,10-13,15-16H2,1-4H3,(H2,23,24,25);1H. The number of nitrogens with zero attached hydrogens (tertiary/aromatic N) is 4. The molecular formula is C22H37IN6OS. The Morgan fingerprint density at radius 2 is 2.06 bits per heavy atom. The van der Waals surface area contributed by atoms with Crippen LogP contribution in [0.25, 0.3) is 0 Å². The van der Waals surface area contributed by atoms with Gasteiger partial charge in [0.1, 0.15) is 0 Å². The molecule has 7 nitrogen and oxygen atoms in total. The van der Waals surface area contributed by atoms with Crippen molar-refractivity contribution in [3.63, 3.8) is 0 Å². The molecule has 31 heavy (non-hydrogen) atoms. The summed E-state index contributed by atoms with van der Waals surface area (Å²) in [4.78, 5) is 8.89. The lowest BCUT2D eigenvalue weighted by Crippen LogP contribution is -2.42. The van der Waals surface area contributed by atoms with E-state index in [-0.39, 0.29) is 24.0 Å². The van der Waals surface area contributed by atoms with Crippen molar-refractivity contribution < 1.29 is 4.74 Å². The van der Waals surface area contributed by atoms with Crippen molar-refractivity contribution in [2.45, 2.75) is 52.7 Å². The van der Waals surface area contributed by atoms with Crippen LogP contribution in [0, 0.1) is 13.8 Å². The molecule has 0 spiro atoms. The maximum Gasteiger partial charge on any atom is 0.191 e. The second-order valence-electron chi connectivity index (χ2n) is 7.72. The number of aliphatic imine (C=N–C) groups is 1. The van der Waals surface area contributed by atoms with E-state index in [9.17, 15) is 0 Å². The van der Waals surface area contributed by atoms with Gasteiger partial charge in [-0.1, -0.05) is 6.07 Å². The SMILES string of the molecule is CCNC(=NCc1c(C)nn(CCOC)c1C)NCC(c1cccs1)N1CCCC1.I. The maximum absolute atomic E-state index is 5.20. The summed E-state index contributed by atoms with van der Waals surface area (Å²) in [5.74, 6) is 0.863. The number of methoxy groups -OCH3 is 1. The lowest BCUT2D eigenvalue weighted by atomic mass is 10.2. The van der Waals surface area contributed by atoms with Crippen molar-refractivity contribution in [2.24, 2.45) is 4.99 Å². The van der Waals surface area contributed by atoms with E-state index in [0.29, 0.717) is 19.2 Å². The number of rotatable bonds is 10. The number of aromatic nitrogens is 2. The topological polar surface area (TPSA) is 66.7 Å². The number of hydrogen-bond acceptors (Lipinski definition) is 5. The van der Waals surface area contributed by atoms with Crippen molar-refractivity contribution in [1.29, 1.82) is 0 Å². The molecule has 9 heteroatoms. The quantitative estimate of drug-likeness (QED) is 0.264. The van der Waals surface area contributed by atoms with Gasteiger partial charge in [-0.05, 0) is 58.1 Å². The van der Waals surface area contributed by atoms with E-state index in [1.165, 1.54) is 36.4 Å². The predicted octanol–water partition coefficient (Wildman–Crippen LogP) is 3.72. The van der Waals surface area contributed by atoms with E-state index in [0.717, 1.165) is 37.0 Å². The Morgan fingerprint density at radius 1 is 1.29 bits per heavy atom. The van der Waals surface area contributed by atoms with E-state index < -0.39 is 0 Å². The maximum atomic E-state index is 5.20. The van der Waals surface area contributed by atoms with Crippen LogP contribution in [0.2, 0.25) is 0 Å². The van der Waals surface area contributed by atoms with Crippen LogP contribution in [-0.4, -0.2) is 60.5 Å². The Morgan fingerprint density at radius 3 is 2.71 bits per heavy atom. The van der Waals surface area contributed by atoms with Gasteiger partial charge < -0.3 is 15.4 Å². The molecule has 0 aliphatic carbocycles. The number of halogens is 1. The lowest BCUT2D eigenvalue weighted by molar-refractivity contribution is 0.182. The number of thiophene rings is 1. The number of guanidine groups is 1. The van der Waals surface area contributed by atoms with Crippen LogP contribution < -0.4 is 10.6 Å².